The normalized spacial score (nSPS) is 24.7. The molecule has 204 valence electrons. The van der Waals surface area contributed by atoms with E-state index in [4.69, 9.17) is 0 Å². The van der Waals surface area contributed by atoms with Gasteiger partial charge in [-0.25, -0.2) is 0 Å². The van der Waals surface area contributed by atoms with E-state index in [1.165, 1.54) is 49.7 Å². The van der Waals surface area contributed by atoms with Crippen LogP contribution in [-0.4, -0.2) is 40.5 Å². The highest BCUT2D eigenvalue weighted by Gasteiger charge is 2.39. The predicted molar refractivity (Wildman–Crippen MR) is 161 cm³/mol. The summed E-state index contributed by atoms with van der Waals surface area (Å²) in [5.74, 6) is 1.43. The maximum Gasteiger partial charge on any atom is 0.253 e. The number of rotatable bonds is 10. The van der Waals surface area contributed by atoms with Gasteiger partial charge in [0.25, 0.3) is 5.91 Å². The lowest BCUT2D eigenvalue weighted by molar-refractivity contribution is 0.0958. The molecule has 2 fully saturated rings. The number of amides is 1. The van der Waals surface area contributed by atoms with E-state index in [9.17, 15) is 4.79 Å². The molecule has 0 radical (unpaired) electrons. The average Bonchev–Trinajstić information content (AvgIpc) is 3.44. The van der Waals surface area contributed by atoms with Crippen molar-refractivity contribution < 1.29 is 4.79 Å². The van der Waals surface area contributed by atoms with Gasteiger partial charge in [0.1, 0.15) is 0 Å². The van der Waals surface area contributed by atoms with Crippen LogP contribution in [-0.2, 0) is 13.0 Å². The molecule has 3 aliphatic rings. The Morgan fingerprint density at radius 2 is 1.74 bits per heavy atom. The summed E-state index contributed by atoms with van der Waals surface area (Å²) in [6.45, 7) is 4.92. The van der Waals surface area contributed by atoms with Gasteiger partial charge in [-0.1, -0.05) is 73.7 Å². The molecule has 3 heterocycles. The van der Waals surface area contributed by atoms with Gasteiger partial charge in [0.05, 0.1) is 5.56 Å². The molecule has 3 unspecified atom stereocenters. The maximum absolute atomic E-state index is 13.2. The van der Waals surface area contributed by atoms with E-state index in [-0.39, 0.29) is 5.91 Å². The zero-order valence-electron chi connectivity index (χ0n) is 23.4. The van der Waals surface area contributed by atoms with Crippen LogP contribution in [0.25, 0.3) is 10.9 Å². The molecule has 1 amide bonds. The van der Waals surface area contributed by atoms with Crippen LogP contribution >= 0.6 is 0 Å². The average molecular weight is 522 g/mol. The summed E-state index contributed by atoms with van der Waals surface area (Å²) < 4.78 is 2.31. The van der Waals surface area contributed by atoms with Crippen molar-refractivity contribution in [2.45, 2.75) is 76.9 Å². The molecule has 3 atom stereocenters. The Hall–Kier alpha value is -3.11. The van der Waals surface area contributed by atoms with Gasteiger partial charge in [0.15, 0.2) is 0 Å². The van der Waals surface area contributed by atoms with Crippen LogP contribution in [0.4, 0.5) is 0 Å². The van der Waals surface area contributed by atoms with Crippen LogP contribution in [0.5, 0.6) is 0 Å². The third kappa shape index (κ3) is 6.06. The molecule has 2 saturated heterocycles. The smallest absolute Gasteiger partial charge is 0.253 e. The van der Waals surface area contributed by atoms with E-state index < -0.39 is 0 Å². The molecule has 1 aliphatic carbocycles. The molecule has 3 aromatic rings. The molecule has 0 saturated carbocycles. The van der Waals surface area contributed by atoms with Gasteiger partial charge in [-0.2, -0.15) is 0 Å². The van der Waals surface area contributed by atoms with E-state index in [1.807, 2.05) is 6.07 Å². The minimum Gasteiger partial charge on any atom is -0.348 e. The second kappa shape index (κ2) is 12.0. The van der Waals surface area contributed by atoms with Gasteiger partial charge in [-0.3, -0.25) is 9.69 Å². The third-order valence-electron chi connectivity index (χ3n) is 9.31. The van der Waals surface area contributed by atoms with Crippen LogP contribution in [0.1, 0.15) is 67.8 Å². The number of carbonyl (C=O) groups excluding carboxylic acids is 1. The fourth-order valence-corrected chi connectivity index (χ4v) is 7.36. The molecule has 4 nitrogen and oxygen atoms in total. The molecule has 0 spiro atoms. The van der Waals surface area contributed by atoms with Crippen molar-refractivity contribution in [2.24, 2.45) is 11.8 Å². The van der Waals surface area contributed by atoms with Gasteiger partial charge >= 0.3 is 0 Å². The molecule has 1 N–H and O–H groups in total. The third-order valence-corrected chi connectivity index (χ3v) is 9.31. The Kier molecular flexibility index (Phi) is 8.01. The van der Waals surface area contributed by atoms with Crippen molar-refractivity contribution in [3.8, 4) is 0 Å². The molecule has 39 heavy (non-hydrogen) atoms. The van der Waals surface area contributed by atoms with E-state index in [1.54, 1.807) is 0 Å². The minimum absolute atomic E-state index is 0.0214. The number of para-hydroxylation sites is 1. The van der Waals surface area contributed by atoms with E-state index >= 15 is 0 Å². The first-order chi connectivity index (χ1) is 19.1. The van der Waals surface area contributed by atoms with Gasteiger partial charge in [0.2, 0.25) is 0 Å². The number of hydrogen-bond donors (Lipinski definition) is 1. The Bertz CT molecular complexity index is 1320. The van der Waals surface area contributed by atoms with E-state index in [2.05, 4.69) is 94.7 Å². The topological polar surface area (TPSA) is 37.3 Å². The van der Waals surface area contributed by atoms with Crippen molar-refractivity contribution in [2.75, 3.05) is 13.1 Å². The number of aromatic nitrogens is 1. The van der Waals surface area contributed by atoms with Gasteiger partial charge in [0, 0.05) is 48.8 Å². The second-order valence-electron chi connectivity index (χ2n) is 12.1. The lowest BCUT2D eigenvalue weighted by atomic mass is 9.86. The highest BCUT2D eigenvalue weighted by atomic mass is 16.1. The fourth-order valence-electron chi connectivity index (χ4n) is 7.36. The largest absolute Gasteiger partial charge is 0.348 e. The second-order valence-corrected chi connectivity index (χ2v) is 12.1. The number of benzene rings is 2. The lowest BCUT2D eigenvalue weighted by Gasteiger charge is -2.39. The lowest BCUT2D eigenvalue weighted by Crippen LogP contribution is -2.43. The molecule has 6 rings (SSSR count). The Balaban J connectivity index is 1.04. The SMILES string of the molecule is CC1C=C(CNC(=O)c2cn(CCCN3C4CCC3CC(CCc3ccccc3)C4)c3ccccc23)C=CC1. The van der Waals surface area contributed by atoms with Gasteiger partial charge in [-0.15, -0.1) is 0 Å². The zero-order chi connectivity index (χ0) is 26.6. The molecule has 1 aromatic heterocycles. The van der Waals surface area contributed by atoms with Crippen molar-refractivity contribution >= 4 is 16.8 Å². The van der Waals surface area contributed by atoms with Crippen molar-refractivity contribution in [1.29, 1.82) is 0 Å². The highest BCUT2D eigenvalue weighted by molar-refractivity contribution is 6.07. The first kappa shape index (κ1) is 26.1. The monoisotopic (exact) mass is 521 g/mol. The molecular formula is C35H43N3O. The summed E-state index contributed by atoms with van der Waals surface area (Å²) in [6, 6.07) is 20.9. The summed E-state index contributed by atoms with van der Waals surface area (Å²) in [7, 11) is 0. The Labute approximate surface area is 233 Å². The van der Waals surface area contributed by atoms with Crippen molar-refractivity contribution in [3.63, 3.8) is 0 Å². The van der Waals surface area contributed by atoms with Gasteiger partial charge < -0.3 is 9.88 Å². The quantitative estimate of drug-likeness (QED) is 0.307. The first-order valence-electron chi connectivity index (χ1n) is 15.2. The summed E-state index contributed by atoms with van der Waals surface area (Å²) >= 11 is 0. The fraction of sp³-hybridized carbons (Fsp3) is 0.457. The van der Waals surface area contributed by atoms with Crippen LogP contribution in [0.2, 0.25) is 0 Å². The number of nitrogens with zero attached hydrogens (tertiary/aromatic N) is 2. The number of piperidine rings is 1. The van der Waals surface area contributed by atoms with Gasteiger partial charge in [-0.05, 0) is 80.4 Å². The Morgan fingerprint density at radius 3 is 2.54 bits per heavy atom. The number of hydrogen-bond acceptors (Lipinski definition) is 2. The molecule has 2 aromatic carbocycles. The molecule has 2 bridgehead atoms. The first-order valence-corrected chi connectivity index (χ1v) is 15.2. The zero-order valence-corrected chi connectivity index (χ0v) is 23.4. The van der Waals surface area contributed by atoms with Crippen LogP contribution in [0.15, 0.2) is 84.6 Å². The van der Waals surface area contributed by atoms with E-state index in [0.717, 1.165) is 60.4 Å². The molecule has 4 heteroatoms. The van der Waals surface area contributed by atoms with Crippen LogP contribution < -0.4 is 5.32 Å². The number of allylic oxidation sites excluding steroid dienone is 2. The Morgan fingerprint density at radius 1 is 0.974 bits per heavy atom. The molecule has 2 aliphatic heterocycles. The van der Waals surface area contributed by atoms with Crippen molar-refractivity contribution in [1.82, 2.24) is 14.8 Å². The number of nitrogens with one attached hydrogen (secondary N) is 1. The standard InChI is InChI=1S/C35H43N3O/c1-26-9-7-12-29(21-26)24-36-35(39)33-25-37(34-14-6-5-13-32(33)34)19-8-20-38-30-17-18-31(38)23-28(22-30)16-15-27-10-3-2-4-11-27/h2-7,10-14,21,25-26,28,30-31H,8-9,15-20,22-24H2,1H3,(H,36,39). The number of carbonyl (C=O) groups is 1. The summed E-state index contributed by atoms with van der Waals surface area (Å²) in [4.78, 5) is 16.0. The summed E-state index contributed by atoms with van der Waals surface area (Å²) in [5, 5.41) is 4.22. The predicted octanol–water partition coefficient (Wildman–Crippen LogP) is 7.16. The highest BCUT2D eigenvalue weighted by Crippen LogP contribution is 2.40. The van der Waals surface area contributed by atoms with Crippen molar-refractivity contribution in [3.05, 3.63) is 95.7 Å². The number of fused-ring (bicyclic) bond motifs is 3. The summed E-state index contributed by atoms with van der Waals surface area (Å²) in [6.07, 6.45) is 18.9. The van der Waals surface area contributed by atoms with Crippen LogP contribution in [0, 0.1) is 11.8 Å². The summed E-state index contributed by atoms with van der Waals surface area (Å²) in [5.41, 5.74) is 4.63. The minimum atomic E-state index is 0.0214. The van der Waals surface area contributed by atoms with Crippen LogP contribution in [0.3, 0.4) is 0 Å². The van der Waals surface area contributed by atoms with E-state index in [0.29, 0.717) is 12.5 Å². The molecular weight excluding hydrogens is 478 g/mol. The maximum atomic E-state index is 13.2. The number of aryl methyl sites for hydroxylation is 2.